The van der Waals surface area contributed by atoms with Gasteiger partial charge in [-0.2, -0.15) is 4.31 Å². The molecule has 1 aromatic rings. The molecule has 0 amide bonds. The molecule has 0 aliphatic carbocycles. The Balaban J connectivity index is 2.33. The second kappa shape index (κ2) is 5.48. The van der Waals surface area contributed by atoms with E-state index in [0.717, 1.165) is 0 Å². The van der Waals surface area contributed by atoms with Gasteiger partial charge in [-0.1, -0.05) is 0 Å². The molecule has 1 N–H and O–H groups in total. The van der Waals surface area contributed by atoms with Crippen LogP contribution in [0.2, 0.25) is 0 Å². The number of ether oxygens (including phenoxy) is 1. The number of piperidine rings is 1. The molecule has 1 heterocycles. The lowest BCUT2D eigenvalue weighted by Crippen LogP contribution is -2.42. The number of aryl methyl sites for hydroxylation is 1. The molecule has 106 valence electrons. The fourth-order valence-corrected chi connectivity index (χ4v) is 4.04. The molecule has 1 aliphatic rings. The molecule has 0 aromatic heterocycles. The number of hydrogen-bond acceptors (Lipinski definition) is 4. The largest absolute Gasteiger partial charge is 0.497 e. The molecule has 2 rings (SSSR count). The van der Waals surface area contributed by atoms with Crippen LogP contribution in [0.1, 0.15) is 18.4 Å². The zero-order chi connectivity index (χ0) is 14.0. The van der Waals surface area contributed by atoms with E-state index >= 15 is 0 Å². The zero-order valence-electron chi connectivity index (χ0n) is 11.2. The second-order valence-electron chi connectivity index (χ2n) is 4.79. The van der Waals surface area contributed by atoms with Crippen LogP contribution in [0.15, 0.2) is 23.1 Å². The Labute approximate surface area is 113 Å². The highest BCUT2D eigenvalue weighted by Crippen LogP contribution is 2.26. The summed E-state index contributed by atoms with van der Waals surface area (Å²) >= 11 is 0. The molecule has 19 heavy (non-hydrogen) atoms. The normalized spacial score (nSPS) is 21.3. The average Bonchev–Trinajstić information content (AvgIpc) is 2.38. The van der Waals surface area contributed by atoms with Crippen molar-refractivity contribution in [2.45, 2.75) is 30.8 Å². The maximum atomic E-state index is 12.5. The van der Waals surface area contributed by atoms with E-state index in [2.05, 4.69) is 0 Å². The number of nitrogens with zero attached hydrogens (tertiary/aromatic N) is 1. The molecule has 0 bridgehead atoms. The molecule has 0 saturated carbocycles. The SMILES string of the molecule is COc1ccc(S(=O)(=O)N2CCCC(O)C2)c(C)c1. The summed E-state index contributed by atoms with van der Waals surface area (Å²) < 4.78 is 31.5. The zero-order valence-corrected chi connectivity index (χ0v) is 12.0. The number of β-amino-alcohol motifs (C(OH)–C–C–N with tert-alkyl or cyclic N) is 1. The van der Waals surface area contributed by atoms with Crippen LogP contribution in [-0.2, 0) is 10.0 Å². The van der Waals surface area contributed by atoms with Crippen molar-refractivity contribution >= 4 is 10.0 Å². The minimum absolute atomic E-state index is 0.174. The lowest BCUT2D eigenvalue weighted by atomic mass is 10.1. The van der Waals surface area contributed by atoms with Crippen LogP contribution in [0.25, 0.3) is 0 Å². The van der Waals surface area contributed by atoms with E-state index in [1.807, 2.05) is 0 Å². The molecule has 0 radical (unpaired) electrons. The number of benzene rings is 1. The molecular weight excluding hydrogens is 266 g/mol. The van der Waals surface area contributed by atoms with Crippen LogP contribution in [0.3, 0.4) is 0 Å². The molecule has 1 aromatic carbocycles. The Morgan fingerprint density at radius 1 is 1.42 bits per heavy atom. The summed E-state index contributed by atoms with van der Waals surface area (Å²) in [6, 6.07) is 4.90. The number of rotatable bonds is 3. The molecule has 6 heteroatoms. The number of sulfonamides is 1. The van der Waals surface area contributed by atoms with Crippen LogP contribution in [0, 0.1) is 6.92 Å². The van der Waals surface area contributed by atoms with Crippen LogP contribution >= 0.6 is 0 Å². The van der Waals surface area contributed by atoms with E-state index in [1.54, 1.807) is 32.2 Å². The Kier molecular flexibility index (Phi) is 4.13. The maximum Gasteiger partial charge on any atom is 0.243 e. The van der Waals surface area contributed by atoms with Gasteiger partial charge < -0.3 is 9.84 Å². The van der Waals surface area contributed by atoms with Crippen molar-refractivity contribution in [3.63, 3.8) is 0 Å². The minimum atomic E-state index is -3.53. The van der Waals surface area contributed by atoms with E-state index in [-0.39, 0.29) is 11.4 Å². The van der Waals surface area contributed by atoms with Gasteiger partial charge in [0, 0.05) is 13.1 Å². The smallest absolute Gasteiger partial charge is 0.243 e. The average molecular weight is 285 g/mol. The summed E-state index contributed by atoms with van der Waals surface area (Å²) in [5.41, 5.74) is 0.652. The fourth-order valence-electron chi connectivity index (χ4n) is 2.32. The summed E-state index contributed by atoms with van der Waals surface area (Å²) in [6.45, 7) is 2.38. The Bertz CT molecular complexity index is 556. The standard InChI is InChI=1S/C13H19NO4S/c1-10-8-12(18-2)5-6-13(10)19(16,17)14-7-3-4-11(15)9-14/h5-6,8,11,15H,3-4,7,9H2,1-2H3. The predicted octanol–water partition coefficient (Wildman–Crippen LogP) is 1.15. The van der Waals surface area contributed by atoms with Crippen molar-refractivity contribution in [1.29, 1.82) is 0 Å². The van der Waals surface area contributed by atoms with Gasteiger partial charge in [-0.3, -0.25) is 0 Å². The summed E-state index contributed by atoms with van der Waals surface area (Å²) in [5, 5.41) is 9.62. The van der Waals surface area contributed by atoms with E-state index in [9.17, 15) is 13.5 Å². The maximum absolute atomic E-state index is 12.5. The van der Waals surface area contributed by atoms with Crippen LogP contribution < -0.4 is 4.74 Å². The first kappa shape index (κ1) is 14.3. The highest BCUT2D eigenvalue weighted by Gasteiger charge is 2.30. The van der Waals surface area contributed by atoms with Crippen LogP contribution in [0.5, 0.6) is 5.75 Å². The van der Waals surface area contributed by atoms with Crippen LogP contribution in [-0.4, -0.2) is 44.1 Å². The van der Waals surface area contributed by atoms with E-state index in [0.29, 0.717) is 30.7 Å². The summed E-state index contributed by atoms with van der Waals surface area (Å²) in [5.74, 6) is 0.634. The van der Waals surface area contributed by atoms with Crippen molar-refractivity contribution in [3.8, 4) is 5.75 Å². The van der Waals surface area contributed by atoms with Crippen molar-refractivity contribution in [1.82, 2.24) is 4.31 Å². The van der Waals surface area contributed by atoms with Gasteiger partial charge in [-0.15, -0.1) is 0 Å². The third-order valence-electron chi connectivity index (χ3n) is 3.36. The number of methoxy groups -OCH3 is 1. The van der Waals surface area contributed by atoms with Gasteiger partial charge in [0.25, 0.3) is 0 Å². The highest BCUT2D eigenvalue weighted by atomic mass is 32.2. The second-order valence-corrected chi connectivity index (χ2v) is 6.70. The molecule has 1 atom stereocenters. The van der Waals surface area contributed by atoms with Gasteiger partial charge in [-0.05, 0) is 43.5 Å². The van der Waals surface area contributed by atoms with Gasteiger partial charge in [0.15, 0.2) is 0 Å². The molecule has 1 fully saturated rings. The quantitative estimate of drug-likeness (QED) is 0.904. The van der Waals surface area contributed by atoms with E-state index < -0.39 is 16.1 Å². The van der Waals surface area contributed by atoms with Crippen molar-refractivity contribution < 1.29 is 18.3 Å². The third-order valence-corrected chi connectivity index (χ3v) is 5.38. The highest BCUT2D eigenvalue weighted by molar-refractivity contribution is 7.89. The van der Waals surface area contributed by atoms with Crippen LogP contribution in [0.4, 0.5) is 0 Å². The number of hydrogen-bond donors (Lipinski definition) is 1. The molecule has 1 unspecified atom stereocenters. The van der Waals surface area contributed by atoms with Crippen molar-refractivity contribution in [2.75, 3.05) is 20.2 Å². The molecule has 5 nitrogen and oxygen atoms in total. The van der Waals surface area contributed by atoms with Crippen molar-refractivity contribution in [3.05, 3.63) is 23.8 Å². The lowest BCUT2D eigenvalue weighted by Gasteiger charge is -2.29. The van der Waals surface area contributed by atoms with Crippen molar-refractivity contribution in [2.24, 2.45) is 0 Å². The Hall–Kier alpha value is -1.11. The Morgan fingerprint density at radius 2 is 2.16 bits per heavy atom. The van der Waals surface area contributed by atoms with Gasteiger partial charge in [0.1, 0.15) is 5.75 Å². The summed E-state index contributed by atoms with van der Waals surface area (Å²) in [4.78, 5) is 0.280. The summed E-state index contributed by atoms with van der Waals surface area (Å²) in [7, 11) is -1.99. The van der Waals surface area contributed by atoms with Gasteiger partial charge in [0.2, 0.25) is 10.0 Å². The minimum Gasteiger partial charge on any atom is -0.497 e. The van der Waals surface area contributed by atoms with E-state index in [1.165, 1.54) is 4.31 Å². The fraction of sp³-hybridized carbons (Fsp3) is 0.538. The first-order chi connectivity index (χ1) is 8.95. The van der Waals surface area contributed by atoms with Gasteiger partial charge in [0.05, 0.1) is 18.1 Å². The Morgan fingerprint density at radius 3 is 2.74 bits per heavy atom. The monoisotopic (exact) mass is 285 g/mol. The van der Waals surface area contributed by atoms with E-state index in [4.69, 9.17) is 4.74 Å². The lowest BCUT2D eigenvalue weighted by molar-refractivity contribution is 0.108. The topological polar surface area (TPSA) is 66.8 Å². The molecular formula is C13H19NO4S. The number of aliphatic hydroxyl groups is 1. The predicted molar refractivity (Wildman–Crippen MR) is 71.7 cm³/mol. The molecule has 0 spiro atoms. The first-order valence-corrected chi connectivity index (χ1v) is 7.72. The van der Waals surface area contributed by atoms with Gasteiger partial charge in [-0.25, -0.2) is 8.42 Å². The molecule has 1 saturated heterocycles. The van der Waals surface area contributed by atoms with Gasteiger partial charge >= 0.3 is 0 Å². The third kappa shape index (κ3) is 2.91. The summed E-state index contributed by atoms with van der Waals surface area (Å²) in [6.07, 6.45) is 0.783. The number of aliphatic hydroxyl groups excluding tert-OH is 1. The molecule has 1 aliphatic heterocycles. The first-order valence-electron chi connectivity index (χ1n) is 6.28.